The molecule has 3 aromatic rings. The Hall–Kier alpha value is -2.48. The minimum absolute atomic E-state index is 0.0653. The van der Waals surface area contributed by atoms with Crippen molar-refractivity contribution in [2.45, 2.75) is 46.8 Å². The maximum absolute atomic E-state index is 13.1. The SMILES string of the molecule is CCn1c(-c2ncc(OC(F)F)cc2Cl)nn2c(C)cc(C(C)C)c2c1=O. The summed E-state index contributed by atoms with van der Waals surface area (Å²) in [5, 5.41) is 4.64. The van der Waals surface area contributed by atoms with Crippen LogP contribution in [0, 0.1) is 6.92 Å². The van der Waals surface area contributed by atoms with Crippen LogP contribution in [-0.2, 0) is 6.54 Å². The molecule has 0 bridgehead atoms. The van der Waals surface area contributed by atoms with Gasteiger partial charge in [0.15, 0.2) is 5.82 Å². The van der Waals surface area contributed by atoms with Crippen LogP contribution in [0.3, 0.4) is 0 Å². The highest BCUT2D eigenvalue weighted by Crippen LogP contribution is 2.29. The number of nitrogens with zero attached hydrogens (tertiary/aromatic N) is 4. The summed E-state index contributed by atoms with van der Waals surface area (Å²) in [5.74, 6) is 0.258. The average Bonchev–Trinajstić information content (AvgIpc) is 2.92. The minimum atomic E-state index is -2.98. The van der Waals surface area contributed by atoms with Gasteiger partial charge < -0.3 is 4.74 Å². The zero-order chi connectivity index (χ0) is 19.9. The Morgan fingerprint density at radius 3 is 2.56 bits per heavy atom. The number of aryl methyl sites for hydroxylation is 1. The van der Waals surface area contributed by atoms with E-state index >= 15 is 0 Å². The molecule has 0 amide bonds. The Kier molecular flexibility index (Phi) is 5.19. The largest absolute Gasteiger partial charge is 0.433 e. The van der Waals surface area contributed by atoms with E-state index < -0.39 is 6.61 Å². The summed E-state index contributed by atoms with van der Waals surface area (Å²) in [5.41, 5.74) is 2.26. The average molecular weight is 397 g/mol. The van der Waals surface area contributed by atoms with Crippen LogP contribution in [0.25, 0.3) is 17.0 Å². The first-order valence-corrected chi connectivity index (χ1v) is 8.86. The van der Waals surface area contributed by atoms with Crippen molar-refractivity contribution in [2.24, 2.45) is 0 Å². The van der Waals surface area contributed by atoms with Crippen LogP contribution in [0.2, 0.25) is 5.02 Å². The summed E-state index contributed by atoms with van der Waals surface area (Å²) in [6.07, 6.45) is 1.13. The highest BCUT2D eigenvalue weighted by atomic mass is 35.5. The van der Waals surface area contributed by atoms with E-state index in [4.69, 9.17) is 11.6 Å². The number of aromatic nitrogens is 4. The summed E-state index contributed by atoms with van der Waals surface area (Å²) in [7, 11) is 0. The quantitative estimate of drug-likeness (QED) is 0.646. The van der Waals surface area contributed by atoms with Gasteiger partial charge in [0.05, 0.1) is 11.2 Å². The zero-order valence-electron chi connectivity index (χ0n) is 15.3. The molecule has 0 saturated heterocycles. The van der Waals surface area contributed by atoms with E-state index in [9.17, 15) is 13.6 Å². The van der Waals surface area contributed by atoms with E-state index in [2.05, 4.69) is 14.8 Å². The first kappa shape index (κ1) is 19.3. The molecule has 3 aromatic heterocycles. The number of pyridine rings is 1. The fourth-order valence-electron chi connectivity index (χ4n) is 3.03. The Balaban J connectivity index is 2.26. The van der Waals surface area contributed by atoms with Crippen LogP contribution in [-0.4, -0.2) is 25.8 Å². The van der Waals surface area contributed by atoms with Crippen molar-refractivity contribution in [1.29, 1.82) is 0 Å². The maximum atomic E-state index is 13.1. The Bertz CT molecular complexity index is 1060. The number of rotatable bonds is 5. The van der Waals surface area contributed by atoms with E-state index in [1.165, 1.54) is 10.6 Å². The van der Waals surface area contributed by atoms with Gasteiger partial charge in [-0.25, -0.2) is 9.50 Å². The molecule has 0 aliphatic carbocycles. The molecule has 6 nitrogen and oxygen atoms in total. The van der Waals surface area contributed by atoms with Gasteiger partial charge in [-0.3, -0.25) is 9.36 Å². The Morgan fingerprint density at radius 2 is 2.00 bits per heavy atom. The first-order chi connectivity index (χ1) is 12.7. The van der Waals surface area contributed by atoms with Crippen molar-refractivity contribution in [3.8, 4) is 17.3 Å². The molecule has 0 aromatic carbocycles. The highest BCUT2D eigenvalue weighted by Gasteiger charge is 2.21. The molecule has 0 unspecified atom stereocenters. The van der Waals surface area contributed by atoms with Crippen LogP contribution in [0.1, 0.15) is 37.9 Å². The van der Waals surface area contributed by atoms with Crippen molar-refractivity contribution >= 4 is 17.1 Å². The molecule has 27 heavy (non-hydrogen) atoms. The molecule has 144 valence electrons. The third-order valence-corrected chi connectivity index (χ3v) is 4.56. The van der Waals surface area contributed by atoms with Crippen LogP contribution < -0.4 is 10.3 Å². The normalized spacial score (nSPS) is 11.7. The van der Waals surface area contributed by atoms with Gasteiger partial charge in [0.1, 0.15) is 17.0 Å². The standard InChI is InChI=1S/C18H19ClF2N4O2/c1-5-24-16(14-13(19)7-11(8-22-14)27-18(20)21)23-25-10(4)6-12(9(2)3)15(25)17(24)26/h6-9,18H,5H2,1-4H3. The molecule has 0 N–H and O–H groups in total. The first-order valence-electron chi connectivity index (χ1n) is 8.48. The fourth-order valence-corrected chi connectivity index (χ4v) is 3.27. The van der Waals surface area contributed by atoms with Gasteiger partial charge in [0, 0.05) is 18.3 Å². The predicted molar refractivity (Wildman–Crippen MR) is 98.8 cm³/mol. The number of hydrogen-bond donors (Lipinski definition) is 0. The molecule has 0 radical (unpaired) electrons. The second-order valence-electron chi connectivity index (χ2n) is 6.41. The third kappa shape index (κ3) is 3.41. The Labute approximate surface area is 159 Å². The summed E-state index contributed by atoms with van der Waals surface area (Å²) in [4.78, 5) is 17.2. The van der Waals surface area contributed by atoms with Crippen molar-refractivity contribution in [2.75, 3.05) is 0 Å². The topological polar surface area (TPSA) is 61.4 Å². The number of fused-ring (bicyclic) bond motifs is 1. The second kappa shape index (κ2) is 7.26. The molecular weight excluding hydrogens is 378 g/mol. The molecule has 0 saturated carbocycles. The lowest BCUT2D eigenvalue weighted by Gasteiger charge is -2.13. The van der Waals surface area contributed by atoms with Gasteiger partial charge >= 0.3 is 6.61 Å². The molecule has 3 heterocycles. The van der Waals surface area contributed by atoms with Crippen LogP contribution in [0.4, 0.5) is 8.78 Å². The van der Waals surface area contributed by atoms with E-state index in [1.807, 2.05) is 33.8 Å². The van der Waals surface area contributed by atoms with Crippen LogP contribution in [0.15, 0.2) is 23.1 Å². The van der Waals surface area contributed by atoms with Gasteiger partial charge in [-0.2, -0.15) is 8.78 Å². The number of hydrogen-bond acceptors (Lipinski definition) is 4. The molecule has 0 atom stereocenters. The number of ether oxygens (including phenoxy) is 1. The molecule has 0 aliphatic heterocycles. The van der Waals surface area contributed by atoms with Crippen LogP contribution >= 0.6 is 11.6 Å². The molecule has 0 fully saturated rings. The van der Waals surface area contributed by atoms with Crippen molar-refractivity contribution < 1.29 is 13.5 Å². The lowest BCUT2D eigenvalue weighted by molar-refractivity contribution is -0.0500. The van der Waals surface area contributed by atoms with Gasteiger partial charge in [-0.05, 0) is 31.4 Å². The summed E-state index contributed by atoms with van der Waals surface area (Å²) < 4.78 is 32.1. The fraction of sp³-hybridized carbons (Fsp3) is 0.389. The second-order valence-corrected chi connectivity index (χ2v) is 6.82. The number of alkyl halides is 2. The third-order valence-electron chi connectivity index (χ3n) is 4.27. The lowest BCUT2D eigenvalue weighted by Crippen LogP contribution is -2.26. The number of halogens is 3. The van der Waals surface area contributed by atoms with E-state index in [0.29, 0.717) is 12.1 Å². The molecule has 3 rings (SSSR count). The van der Waals surface area contributed by atoms with Gasteiger partial charge in [-0.1, -0.05) is 25.4 Å². The predicted octanol–water partition coefficient (Wildman–Crippen LogP) is 4.26. The van der Waals surface area contributed by atoms with E-state index in [0.717, 1.165) is 17.5 Å². The summed E-state index contributed by atoms with van der Waals surface area (Å²) in [6.45, 7) is 5.08. The highest BCUT2D eigenvalue weighted by molar-refractivity contribution is 6.33. The smallest absolute Gasteiger partial charge is 0.387 e. The molecule has 9 heteroatoms. The van der Waals surface area contributed by atoms with Gasteiger partial charge in [-0.15, -0.1) is 5.10 Å². The van der Waals surface area contributed by atoms with E-state index in [1.54, 1.807) is 4.52 Å². The minimum Gasteiger partial charge on any atom is -0.433 e. The maximum Gasteiger partial charge on any atom is 0.387 e. The zero-order valence-corrected chi connectivity index (χ0v) is 16.1. The van der Waals surface area contributed by atoms with Crippen LogP contribution in [0.5, 0.6) is 5.75 Å². The monoisotopic (exact) mass is 396 g/mol. The van der Waals surface area contributed by atoms with Gasteiger partial charge in [0.25, 0.3) is 5.56 Å². The van der Waals surface area contributed by atoms with Crippen molar-refractivity contribution in [3.05, 3.63) is 45.0 Å². The van der Waals surface area contributed by atoms with E-state index in [-0.39, 0.29) is 33.8 Å². The Morgan fingerprint density at radius 1 is 1.30 bits per heavy atom. The van der Waals surface area contributed by atoms with Crippen molar-refractivity contribution in [1.82, 2.24) is 19.2 Å². The molecule has 0 spiro atoms. The molecule has 0 aliphatic rings. The van der Waals surface area contributed by atoms with Gasteiger partial charge in [0.2, 0.25) is 0 Å². The lowest BCUT2D eigenvalue weighted by atomic mass is 10.1. The summed E-state index contributed by atoms with van der Waals surface area (Å²) >= 11 is 6.22. The van der Waals surface area contributed by atoms with Crippen molar-refractivity contribution in [3.63, 3.8) is 0 Å². The summed E-state index contributed by atoms with van der Waals surface area (Å²) in [6, 6.07) is 3.17. The molecular formula is C18H19ClF2N4O2.